The van der Waals surface area contributed by atoms with Crippen LogP contribution in [0.4, 0.5) is 0 Å². The number of nitrogens with two attached hydrogens (primary N) is 1. The minimum Gasteiger partial charge on any atom is -0.507 e. The number of phenols is 1. The van der Waals surface area contributed by atoms with E-state index in [2.05, 4.69) is 10.3 Å². The average molecular weight is 538 g/mol. The second-order valence-electron chi connectivity index (χ2n) is 9.88. The Morgan fingerprint density at radius 2 is 1.97 bits per heavy atom. The SMILES string of the molecule is NCCCCOC1CCCOCCCc2cccc(O)c2C(=O)OCC1NC(=O)Cc1c[nH]c2ccccc12. The van der Waals surface area contributed by atoms with Gasteiger partial charge in [-0.1, -0.05) is 30.3 Å². The highest BCUT2D eigenvalue weighted by molar-refractivity contribution is 5.94. The van der Waals surface area contributed by atoms with Gasteiger partial charge in [-0.2, -0.15) is 0 Å². The van der Waals surface area contributed by atoms with Gasteiger partial charge in [0.15, 0.2) is 0 Å². The highest BCUT2D eigenvalue weighted by Gasteiger charge is 2.28. The van der Waals surface area contributed by atoms with Crippen LogP contribution in [0.25, 0.3) is 10.9 Å². The molecule has 3 aromatic rings. The summed E-state index contributed by atoms with van der Waals surface area (Å²) >= 11 is 0. The molecule has 2 heterocycles. The monoisotopic (exact) mass is 537 g/mol. The third kappa shape index (κ3) is 8.05. The van der Waals surface area contributed by atoms with Crippen LogP contribution in [0.15, 0.2) is 48.7 Å². The van der Waals surface area contributed by atoms with Crippen molar-refractivity contribution in [3.63, 3.8) is 0 Å². The summed E-state index contributed by atoms with van der Waals surface area (Å²) in [7, 11) is 0. The summed E-state index contributed by atoms with van der Waals surface area (Å²) in [6.45, 7) is 2.07. The number of aryl methyl sites for hydroxylation is 1. The fourth-order valence-electron chi connectivity index (χ4n) is 4.95. The van der Waals surface area contributed by atoms with E-state index in [0.717, 1.165) is 42.1 Å². The number of para-hydroxylation sites is 1. The Kier molecular flexibility index (Phi) is 10.8. The highest BCUT2D eigenvalue weighted by Crippen LogP contribution is 2.24. The summed E-state index contributed by atoms with van der Waals surface area (Å²) in [6, 6.07) is 12.2. The summed E-state index contributed by atoms with van der Waals surface area (Å²) in [4.78, 5) is 29.6. The number of ether oxygens (including phenoxy) is 3. The van der Waals surface area contributed by atoms with Crippen LogP contribution in [0, 0.1) is 0 Å². The fourth-order valence-corrected chi connectivity index (χ4v) is 4.95. The molecule has 0 aliphatic carbocycles. The van der Waals surface area contributed by atoms with Gasteiger partial charge in [0.2, 0.25) is 5.91 Å². The van der Waals surface area contributed by atoms with E-state index in [-0.39, 0.29) is 30.2 Å². The quantitative estimate of drug-likeness (QED) is 0.255. The molecule has 9 heteroatoms. The number of esters is 1. The van der Waals surface area contributed by atoms with Gasteiger partial charge in [0.05, 0.1) is 18.6 Å². The Morgan fingerprint density at radius 3 is 2.85 bits per heavy atom. The predicted molar refractivity (Wildman–Crippen MR) is 149 cm³/mol. The first-order chi connectivity index (χ1) is 19.1. The summed E-state index contributed by atoms with van der Waals surface area (Å²) in [5, 5.41) is 14.5. The van der Waals surface area contributed by atoms with Crippen molar-refractivity contribution >= 4 is 22.8 Å². The van der Waals surface area contributed by atoms with Crippen molar-refractivity contribution in [2.45, 2.75) is 57.1 Å². The lowest BCUT2D eigenvalue weighted by Crippen LogP contribution is -2.48. The van der Waals surface area contributed by atoms with Crippen LogP contribution in [0.5, 0.6) is 5.75 Å². The molecule has 2 aromatic carbocycles. The molecule has 0 fully saturated rings. The second-order valence-corrected chi connectivity index (χ2v) is 9.88. The van der Waals surface area contributed by atoms with Crippen molar-refractivity contribution in [2.75, 3.05) is 33.0 Å². The molecule has 2 unspecified atom stereocenters. The van der Waals surface area contributed by atoms with Crippen LogP contribution in [-0.2, 0) is 31.8 Å². The number of aromatic amines is 1. The number of cyclic esters (lactones) is 1. The lowest BCUT2D eigenvalue weighted by molar-refractivity contribution is -0.123. The molecule has 39 heavy (non-hydrogen) atoms. The van der Waals surface area contributed by atoms with Gasteiger partial charge in [0, 0.05) is 36.9 Å². The number of carbonyl (C=O) groups is 2. The first kappa shape index (κ1) is 28.6. The van der Waals surface area contributed by atoms with Gasteiger partial charge in [0.1, 0.15) is 17.9 Å². The Hall–Kier alpha value is -3.40. The van der Waals surface area contributed by atoms with Crippen molar-refractivity contribution in [1.82, 2.24) is 10.3 Å². The van der Waals surface area contributed by atoms with Crippen LogP contribution in [0.3, 0.4) is 0 Å². The normalized spacial score (nSPS) is 19.2. The zero-order chi connectivity index (χ0) is 27.5. The number of unbranched alkanes of at least 4 members (excludes halogenated alkanes) is 1. The molecule has 1 aliphatic heterocycles. The van der Waals surface area contributed by atoms with Crippen molar-refractivity contribution in [2.24, 2.45) is 5.73 Å². The summed E-state index contributed by atoms with van der Waals surface area (Å²) < 4.78 is 17.8. The molecule has 5 N–H and O–H groups in total. The number of benzene rings is 2. The molecule has 210 valence electrons. The van der Waals surface area contributed by atoms with Gasteiger partial charge < -0.3 is 35.4 Å². The Labute approximate surface area is 229 Å². The van der Waals surface area contributed by atoms with Gasteiger partial charge >= 0.3 is 5.97 Å². The lowest BCUT2D eigenvalue weighted by Gasteiger charge is -2.28. The Balaban J connectivity index is 1.53. The van der Waals surface area contributed by atoms with Crippen LogP contribution in [0.1, 0.15) is 53.6 Å². The molecule has 0 saturated heterocycles. The largest absolute Gasteiger partial charge is 0.507 e. The van der Waals surface area contributed by atoms with Crippen molar-refractivity contribution < 1.29 is 28.9 Å². The standard InChI is InChI=1S/C30H39N3O6/c31-14-3-4-17-38-27-13-7-16-37-15-6-9-21-8-5-12-26(34)29(21)30(36)39-20-25(27)33-28(35)18-22-19-32-24-11-2-1-10-23(22)24/h1-2,5,8,10-12,19,25,27,32,34H,3-4,6-7,9,13-18,20,31H2,(H,33,35). The second kappa shape index (κ2) is 14.7. The molecular formula is C30H39N3O6. The molecule has 9 nitrogen and oxygen atoms in total. The van der Waals surface area contributed by atoms with Gasteiger partial charge in [-0.15, -0.1) is 0 Å². The topological polar surface area (TPSA) is 136 Å². The maximum Gasteiger partial charge on any atom is 0.342 e. The van der Waals surface area contributed by atoms with E-state index in [1.165, 1.54) is 6.07 Å². The fraction of sp³-hybridized carbons (Fsp3) is 0.467. The third-order valence-electron chi connectivity index (χ3n) is 6.99. The van der Waals surface area contributed by atoms with Crippen LogP contribution < -0.4 is 11.1 Å². The predicted octanol–water partition coefficient (Wildman–Crippen LogP) is 3.62. The van der Waals surface area contributed by atoms with Gasteiger partial charge in [-0.05, 0) is 68.3 Å². The van der Waals surface area contributed by atoms with Crippen LogP contribution in [0.2, 0.25) is 0 Å². The number of nitrogens with one attached hydrogen (secondary N) is 2. The van der Waals surface area contributed by atoms with Gasteiger partial charge in [0.25, 0.3) is 0 Å². The number of rotatable bonds is 8. The summed E-state index contributed by atoms with van der Waals surface area (Å²) in [5.74, 6) is -0.948. The number of fused-ring (bicyclic) bond motifs is 2. The molecular weight excluding hydrogens is 498 g/mol. The van der Waals surface area contributed by atoms with E-state index in [1.807, 2.05) is 36.5 Å². The molecule has 1 aliphatic rings. The van der Waals surface area contributed by atoms with E-state index in [0.29, 0.717) is 44.8 Å². The molecule has 0 bridgehead atoms. The number of aromatic nitrogens is 1. The number of hydrogen-bond acceptors (Lipinski definition) is 7. The third-order valence-corrected chi connectivity index (χ3v) is 6.99. The van der Waals surface area contributed by atoms with E-state index in [9.17, 15) is 14.7 Å². The molecule has 1 amide bonds. The Bertz CT molecular complexity index is 1230. The van der Waals surface area contributed by atoms with Crippen LogP contribution >= 0.6 is 0 Å². The number of aromatic hydroxyl groups is 1. The molecule has 2 atom stereocenters. The molecule has 4 rings (SSSR count). The maximum absolute atomic E-state index is 13.3. The van der Waals surface area contributed by atoms with Gasteiger partial charge in [-0.25, -0.2) is 4.79 Å². The van der Waals surface area contributed by atoms with Crippen LogP contribution in [-0.4, -0.2) is 67.1 Å². The summed E-state index contributed by atoms with van der Waals surface area (Å²) in [5.41, 5.74) is 8.35. The Morgan fingerprint density at radius 1 is 1.13 bits per heavy atom. The number of phenolic OH excluding ortho intramolecular Hbond substituents is 1. The van der Waals surface area contributed by atoms with Crippen molar-refractivity contribution in [3.8, 4) is 5.75 Å². The average Bonchev–Trinajstić information content (AvgIpc) is 3.33. The minimum absolute atomic E-state index is 0.0886. The molecule has 0 saturated carbocycles. The summed E-state index contributed by atoms with van der Waals surface area (Å²) in [6.07, 6.45) is 5.90. The molecule has 0 radical (unpaired) electrons. The van der Waals surface area contributed by atoms with E-state index >= 15 is 0 Å². The maximum atomic E-state index is 13.3. The first-order valence-electron chi connectivity index (χ1n) is 13.8. The molecule has 1 aromatic heterocycles. The van der Waals surface area contributed by atoms with E-state index in [1.54, 1.807) is 6.07 Å². The van der Waals surface area contributed by atoms with Gasteiger partial charge in [-0.3, -0.25) is 4.79 Å². The van der Waals surface area contributed by atoms with E-state index < -0.39 is 18.1 Å². The zero-order valence-corrected chi connectivity index (χ0v) is 22.3. The number of amides is 1. The first-order valence-corrected chi connectivity index (χ1v) is 13.8. The number of carbonyl (C=O) groups excluding carboxylic acids is 2. The zero-order valence-electron chi connectivity index (χ0n) is 22.3. The van der Waals surface area contributed by atoms with Crippen molar-refractivity contribution in [1.29, 1.82) is 0 Å². The van der Waals surface area contributed by atoms with E-state index in [4.69, 9.17) is 19.9 Å². The number of hydrogen-bond donors (Lipinski definition) is 4. The smallest absolute Gasteiger partial charge is 0.342 e. The lowest BCUT2D eigenvalue weighted by atomic mass is 10.0. The number of H-pyrrole nitrogens is 1. The molecule has 0 spiro atoms. The minimum atomic E-state index is -0.626. The highest BCUT2D eigenvalue weighted by atomic mass is 16.5. The van der Waals surface area contributed by atoms with Crippen molar-refractivity contribution in [3.05, 3.63) is 65.4 Å².